The molecule has 0 radical (unpaired) electrons. The quantitative estimate of drug-likeness (QED) is 0.897. The molecule has 0 saturated carbocycles. The fourth-order valence-corrected chi connectivity index (χ4v) is 2.79. The molecule has 7 nitrogen and oxygen atoms in total. The molecular weight excluding hydrogens is 300 g/mol. The lowest BCUT2D eigenvalue weighted by molar-refractivity contribution is 0.0186. The number of carbonyl (C=O) groups is 2. The zero-order valence-electron chi connectivity index (χ0n) is 13.4. The zero-order chi connectivity index (χ0) is 16.9. The fraction of sp³-hybridized carbons (Fsp3) is 0.500. The normalized spacial score (nSPS) is 20.3. The molecule has 0 unspecified atom stereocenters. The van der Waals surface area contributed by atoms with Gasteiger partial charge in [-0.2, -0.15) is 0 Å². The molecule has 1 atom stereocenters. The van der Waals surface area contributed by atoms with E-state index in [1.165, 1.54) is 16.9 Å². The van der Waals surface area contributed by atoms with Crippen LogP contribution in [0.5, 0.6) is 0 Å². The van der Waals surface area contributed by atoms with E-state index in [4.69, 9.17) is 14.6 Å². The van der Waals surface area contributed by atoms with Gasteiger partial charge < -0.3 is 24.4 Å². The number of hydrogen-bond acceptors (Lipinski definition) is 4. The van der Waals surface area contributed by atoms with Crippen molar-refractivity contribution in [3.05, 3.63) is 35.9 Å². The first-order valence-corrected chi connectivity index (χ1v) is 7.40. The average Bonchev–Trinajstić information content (AvgIpc) is 2.99. The summed E-state index contributed by atoms with van der Waals surface area (Å²) in [5.41, 5.74) is 0.203. The van der Waals surface area contributed by atoms with Gasteiger partial charge in [-0.15, -0.1) is 0 Å². The van der Waals surface area contributed by atoms with Gasteiger partial charge in [-0.1, -0.05) is 30.3 Å². The molecule has 1 aromatic carbocycles. The van der Waals surface area contributed by atoms with Crippen LogP contribution in [0.15, 0.2) is 30.3 Å². The number of methoxy groups -OCH3 is 1. The van der Waals surface area contributed by atoms with Gasteiger partial charge in [0.1, 0.15) is 6.61 Å². The summed E-state index contributed by atoms with van der Waals surface area (Å²) in [6, 6.07) is 9.39. The number of likely N-dealkylation sites (N-methyl/N-ethyl adjacent to an activating group) is 1. The lowest BCUT2D eigenvalue weighted by atomic mass is 9.98. The van der Waals surface area contributed by atoms with Crippen LogP contribution >= 0.6 is 0 Å². The standard InChI is InChI=1S/C16H22N2O5/c1-17(15(21)23-10-13-6-4-3-5-7-13)16(12-22-2)8-9-18(11-16)14(19)20/h3-7H,8-12H2,1-2H3,(H,19,20)/t16-/m0/s1. The first-order valence-electron chi connectivity index (χ1n) is 7.40. The van der Waals surface area contributed by atoms with Gasteiger partial charge in [-0.05, 0) is 12.0 Å². The molecule has 0 aromatic heterocycles. The molecule has 2 rings (SSSR count). The number of carboxylic acid groups (broad SMARTS) is 1. The van der Waals surface area contributed by atoms with Crippen molar-refractivity contribution in [3.63, 3.8) is 0 Å². The molecule has 1 aliphatic heterocycles. The summed E-state index contributed by atoms with van der Waals surface area (Å²) >= 11 is 0. The molecule has 0 aliphatic carbocycles. The van der Waals surface area contributed by atoms with Gasteiger partial charge in [0.15, 0.2) is 0 Å². The Morgan fingerprint density at radius 2 is 2.04 bits per heavy atom. The maximum Gasteiger partial charge on any atom is 0.410 e. The van der Waals surface area contributed by atoms with Crippen LogP contribution in [0.25, 0.3) is 0 Å². The van der Waals surface area contributed by atoms with Crippen LogP contribution in [0.3, 0.4) is 0 Å². The van der Waals surface area contributed by atoms with Crippen LogP contribution in [0.4, 0.5) is 9.59 Å². The molecule has 2 amide bonds. The Bertz CT molecular complexity index is 551. The number of carbonyl (C=O) groups excluding carboxylic acids is 1. The van der Waals surface area contributed by atoms with Crippen molar-refractivity contribution >= 4 is 12.2 Å². The number of hydrogen-bond donors (Lipinski definition) is 1. The second-order valence-corrected chi connectivity index (χ2v) is 5.71. The topological polar surface area (TPSA) is 79.3 Å². The van der Waals surface area contributed by atoms with E-state index >= 15 is 0 Å². The highest BCUT2D eigenvalue weighted by Crippen LogP contribution is 2.28. The maximum absolute atomic E-state index is 12.3. The smallest absolute Gasteiger partial charge is 0.410 e. The molecule has 1 N–H and O–H groups in total. The molecule has 0 spiro atoms. The van der Waals surface area contributed by atoms with Gasteiger partial charge in [0, 0.05) is 27.2 Å². The van der Waals surface area contributed by atoms with Crippen molar-refractivity contribution in [1.29, 1.82) is 0 Å². The highest BCUT2D eigenvalue weighted by atomic mass is 16.6. The van der Waals surface area contributed by atoms with Gasteiger partial charge >= 0.3 is 12.2 Å². The van der Waals surface area contributed by atoms with Crippen molar-refractivity contribution in [2.75, 3.05) is 33.9 Å². The van der Waals surface area contributed by atoms with Crippen LogP contribution in [0, 0.1) is 0 Å². The first kappa shape index (κ1) is 17.1. The first-order chi connectivity index (χ1) is 11.0. The van der Waals surface area contributed by atoms with Gasteiger partial charge in [0.25, 0.3) is 0 Å². The van der Waals surface area contributed by atoms with Crippen molar-refractivity contribution in [3.8, 4) is 0 Å². The minimum atomic E-state index is -0.992. The summed E-state index contributed by atoms with van der Waals surface area (Å²) in [5.74, 6) is 0. The Morgan fingerprint density at radius 3 is 2.61 bits per heavy atom. The molecule has 0 bridgehead atoms. The minimum Gasteiger partial charge on any atom is -0.465 e. The molecule has 23 heavy (non-hydrogen) atoms. The highest BCUT2D eigenvalue weighted by molar-refractivity contribution is 5.70. The van der Waals surface area contributed by atoms with Crippen molar-refractivity contribution in [2.24, 2.45) is 0 Å². The van der Waals surface area contributed by atoms with Gasteiger partial charge in [0.2, 0.25) is 0 Å². The van der Waals surface area contributed by atoms with E-state index in [0.29, 0.717) is 13.0 Å². The average molecular weight is 322 g/mol. The maximum atomic E-state index is 12.3. The monoisotopic (exact) mass is 322 g/mol. The van der Waals surface area contributed by atoms with Crippen molar-refractivity contribution in [2.45, 2.75) is 18.6 Å². The molecule has 1 heterocycles. The SMILES string of the molecule is COC[C@]1(N(C)C(=O)OCc2ccccc2)CCN(C(=O)O)C1. The van der Waals surface area contributed by atoms with E-state index in [-0.39, 0.29) is 19.8 Å². The fourth-order valence-electron chi connectivity index (χ4n) is 2.79. The lowest BCUT2D eigenvalue weighted by Crippen LogP contribution is -2.54. The van der Waals surface area contributed by atoms with E-state index in [2.05, 4.69) is 0 Å². The highest BCUT2D eigenvalue weighted by Gasteiger charge is 2.45. The van der Waals surface area contributed by atoms with E-state index in [1.54, 1.807) is 7.05 Å². The lowest BCUT2D eigenvalue weighted by Gasteiger charge is -2.37. The van der Waals surface area contributed by atoms with Gasteiger partial charge in [-0.25, -0.2) is 9.59 Å². The molecule has 1 aliphatic rings. The van der Waals surface area contributed by atoms with Crippen molar-refractivity contribution in [1.82, 2.24) is 9.80 Å². The Labute approximate surface area is 135 Å². The third-order valence-electron chi connectivity index (χ3n) is 4.21. The van der Waals surface area contributed by atoms with Gasteiger partial charge in [0.05, 0.1) is 12.1 Å². The Kier molecular flexibility index (Phi) is 5.44. The Morgan fingerprint density at radius 1 is 1.35 bits per heavy atom. The summed E-state index contributed by atoms with van der Waals surface area (Å²) in [6.45, 7) is 1.02. The predicted molar refractivity (Wildman–Crippen MR) is 83.2 cm³/mol. The summed E-state index contributed by atoms with van der Waals surface area (Å²) in [7, 11) is 3.16. The second kappa shape index (κ2) is 7.32. The summed E-state index contributed by atoms with van der Waals surface area (Å²) < 4.78 is 10.6. The largest absolute Gasteiger partial charge is 0.465 e. The van der Waals surface area contributed by atoms with Crippen LogP contribution < -0.4 is 0 Å². The molecule has 126 valence electrons. The van der Waals surface area contributed by atoms with Gasteiger partial charge in [-0.3, -0.25) is 0 Å². The number of benzene rings is 1. The van der Waals surface area contributed by atoms with Crippen molar-refractivity contribution < 1.29 is 24.2 Å². The summed E-state index contributed by atoms with van der Waals surface area (Å²) in [6.07, 6.45) is -0.962. The Balaban J connectivity index is 2.01. The van der Waals surface area contributed by atoms with Crippen LogP contribution in [0.2, 0.25) is 0 Å². The zero-order valence-corrected chi connectivity index (χ0v) is 13.4. The van der Waals surface area contributed by atoms with E-state index in [0.717, 1.165) is 5.56 Å². The summed E-state index contributed by atoms with van der Waals surface area (Å²) in [4.78, 5) is 26.2. The molecule has 1 saturated heterocycles. The number of amides is 2. The molecule has 1 fully saturated rings. The Hall–Kier alpha value is -2.28. The van der Waals surface area contributed by atoms with Crippen LogP contribution in [-0.2, 0) is 16.1 Å². The third kappa shape index (κ3) is 3.92. The van der Waals surface area contributed by atoms with Crippen LogP contribution in [-0.4, -0.2) is 66.5 Å². The predicted octanol–water partition coefficient (Wildman–Crippen LogP) is 2.02. The van der Waals surface area contributed by atoms with E-state index < -0.39 is 17.7 Å². The number of ether oxygens (including phenoxy) is 2. The minimum absolute atomic E-state index is 0.176. The van der Waals surface area contributed by atoms with E-state index in [1.807, 2.05) is 30.3 Å². The summed E-state index contributed by atoms with van der Waals surface area (Å²) in [5, 5.41) is 9.14. The second-order valence-electron chi connectivity index (χ2n) is 5.71. The number of rotatable bonds is 5. The van der Waals surface area contributed by atoms with Crippen LogP contribution in [0.1, 0.15) is 12.0 Å². The molecule has 7 heteroatoms. The molecule has 1 aromatic rings. The third-order valence-corrected chi connectivity index (χ3v) is 4.21. The number of likely N-dealkylation sites (tertiary alicyclic amines) is 1. The number of nitrogens with zero attached hydrogens (tertiary/aromatic N) is 2. The molecular formula is C16H22N2O5. The van der Waals surface area contributed by atoms with E-state index in [9.17, 15) is 9.59 Å².